The van der Waals surface area contributed by atoms with E-state index in [2.05, 4.69) is 52.3 Å². The number of nitrogens with zero attached hydrogens (tertiary/aromatic N) is 3. The van der Waals surface area contributed by atoms with Crippen molar-refractivity contribution in [3.8, 4) is 0 Å². The average molecular weight is 353 g/mol. The van der Waals surface area contributed by atoms with Crippen molar-refractivity contribution >= 4 is 11.4 Å². The number of aliphatic hydroxyl groups excluding tert-OH is 1. The van der Waals surface area contributed by atoms with Gasteiger partial charge in [0.2, 0.25) is 0 Å². The van der Waals surface area contributed by atoms with Crippen molar-refractivity contribution in [2.75, 3.05) is 23.5 Å². The monoisotopic (exact) mass is 353 g/mol. The van der Waals surface area contributed by atoms with Crippen LogP contribution in [-0.2, 0) is 13.5 Å². The zero-order valence-electron chi connectivity index (χ0n) is 15.2. The fourth-order valence-corrected chi connectivity index (χ4v) is 2.83. The summed E-state index contributed by atoms with van der Waals surface area (Å²) in [6.07, 6.45) is 13.7. The number of hydrogen-bond acceptors (Lipinski definition) is 5. The molecular formula is C20H27N5O. The zero-order valence-corrected chi connectivity index (χ0v) is 15.2. The van der Waals surface area contributed by atoms with Crippen LogP contribution in [0.3, 0.4) is 0 Å². The minimum absolute atomic E-state index is 0.262. The van der Waals surface area contributed by atoms with Gasteiger partial charge in [-0.25, -0.2) is 0 Å². The maximum atomic E-state index is 8.80. The van der Waals surface area contributed by atoms with Crippen LogP contribution < -0.4 is 15.8 Å². The highest BCUT2D eigenvalue weighted by molar-refractivity contribution is 5.47. The Balaban J connectivity index is 1.46. The van der Waals surface area contributed by atoms with Gasteiger partial charge in [0.1, 0.15) is 5.69 Å². The van der Waals surface area contributed by atoms with Gasteiger partial charge in [-0.15, -0.1) is 0 Å². The first-order valence-corrected chi connectivity index (χ1v) is 9.10. The molecule has 0 radical (unpaired) electrons. The first kappa shape index (κ1) is 18.1. The highest BCUT2D eigenvalue weighted by Gasteiger charge is 2.10. The molecule has 0 atom stereocenters. The Kier molecular flexibility index (Phi) is 6.33. The summed E-state index contributed by atoms with van der Waals surface area (Å²) in [5.41, 5.74) is 8.08. The summed E-state index contributed by atoms with van der Waals surface area (Å²) in [6, 6.07) is 8.59. The molecule has 26 heavy (non-hydrogen) atoms. The van der Waals surface area contributed by atoms with Gasteiger partial charge in [0, 0.05) is 37.8 Å². The number of allylic oxidation sites excluding steroid dienone is 3. The highest BCUT2D eigenvalue weighted by atomic mass is 16.2. The summed E-state index contributed by atoms with van der Waals surface area (Å²) in [4.78, 5) is 0. The van der Waals surface area contributed by atoms with Crippen LogP contribution in [-0.4, -0.2) is 28.0 Å². The van der Waals surface area contributed by atoms with E-state index in [1.54, 1.807) is 4.68 Å². The molecule has 0 amide bonds. The lowest BCUT2D eigenvalue weighted by Gasteiger charge is -2.25. The average Bonchev–Trinajstić information content (AvgIpc) is 3.11. The first-order chi connectivity index (χ1) is 12.7. The van der Waals surface area contributed by atoms with Gasteiger partial charge < -0.3 is 10.4 Å². The highest BCUT2D eigenvalue weighted by Crippen LogP contribution is 2.18. The lowest BCUT2D eigenvalue weighted by molar-refractivity contribution is 0.286. The Morgan fingerprint density at radius 1 is 1.15 bits per heavy atom. The number of aromatic nitrogens is 2. The molecule has 138 valence electrons. The molecule has 1 aliphatic rings. The van der Waals surface area contributed by atoms with E-state index in [9.17, 15) is 0 Å². The number of aliphatic hydroxyl groups is 1. The predicted molar refractivity (Wildman–Crippen MR) is 106 cm³/mol. The summed E-state index contributed by atoms with van der Waals surface area (Å²) in [5.74, 6) is 0. The Morgan fingerprint density at radius 2 is 2.00 bits per heavy atom. The van der Waals surface area contributed by atoms with Crippen molar-refractivity contribution < 1.29 is 5.11 Å². The summed E-state index contributed by atoms with van der Waals surface area (Å²) < 4.78 is 1.79. The summed E-state index contributed by atoms with van der Waals surface area (Å²) in [7, 11) is 1.92. The van der Waals surface area contributed by atoms with Crippen LogP contribution in [0.4, 0.5) is 11.4 Å². The lowest BCUT2D eigenvalue weighted by atomic mass is 10.1. The molecular weight excluding hydrogens is 326 g/mol. The Labute approximate surface area is 154 Å². The number of aryl methyl sites for hydroxylation is 2. The normalized spacial score (nSPS) is 13.5. The molecule has 6 heteroatoms. The third-order valence-electron chi connectivity index (χ3n) is 4.32. The molecule has 0 fully saturated rings. The van der Waals surface area contributed by atoms with Gasteiger partial charge in [-0.3, -0.25) is 15.1 Å². The second-order valence-corrected chi connectivity index (χ2v) is 6.44. The number of anilines is 2. The number of rotatable bonds is 9. The van der Waals surface area contributed by atoms with Gasteiger partial charge in [0.15, 0.2) is 0 Å². The van der Waals surface area contributed by atoms with Crippen LogP contribution in [0.5, 0.6) is 0 Å². The topological polar surface area (TPSA) is 65.3 Å². The predicted octanol–water partition coefficient (Wildman–Crippen LogP) is 2.96. The molecule has 6 nitrogen and oxygen atoms in total. The SMILES string of the molecule is Cn1cc(N2C=CC=C(CCc3ccc(NCCCCO)cc3)N2)cn1. The van der Waals surface area contributed by atoms with Crippen LogP contribution >= 0.6 is 0 Å². The first-order valence-electron chi connectivity index (χ1n) is 9.10. The van der Waals surface area contributed by atoms with Gasteiger partial charge in [-0.05, 0) is 55.5 Å². The van der Waals surface area contributed by atoms with Gasteiger partial charge in [0.25, 0.3) is 0 Å². The fraction of sp³-hybridized carbons (Fsp3) is 0.350. The largest absolute Gasteiger partial charge is 0.396 e. The van der Waals surface area contributed by atoms with Crippen LogP contribution in [0.15, 0.2) is 60.7 Å². The van der Waals surface area contributed by atoms with Crippen molar-refractivity contribution in [1.82, 2.24) is 15.2 Å². The molecule has 0 spiro atoms. The quantitative estimate of drug-likeness (QED) is 0.605. The molecule has 0 unspecified atom stereocenters. The van der Waals surface area contributed by atoms with Crippen molar-refractivity contribution in [2.24, 2.45) is 7.05 Å². The van der Waals surface area contributed by atoms with Crippen LogP contribution in [0.2, 0.25) is 0 Å². The van der Waals surface area contributed by atoms with E-state index in [1.807, 2.05) is 30.7 Å². The van der Waals surface area contributed by atoms with E-state index in [4.69, 9.17) is 5.11 Å². The van der Waals surface area contributed by atoms with E-state index in [-0.39, 0.29) is 6.61 Å². The van der Waals surface area contributed by atoms with Crippen molar-refractivity contribution in [3.63, 3.8) is 0 Å². The fourth-order valence-electron chi connectivity index (χ4n) is 2.83. The number of hydrogen-bond donors (Lipinski definition) is 3. The molecule has 3 rings (SSSR count). The maximum absolute atomic E-state index is 8.80. The van der Waals surface area contributed by atoms with Crippen LogP contribution in [0.1, 0.15) is 24.8 Å². The van der Waals surface area contributed by atoms with Crippen LogP contribution in [0.25, 0.3) is 0 Å². The minimum atomic E-state index is 0.262. The van der Waals surface area contributed by atoms with Crippen LogP contribution in [0, 0.1) is 0 Å². The molecule has 1 aromatic heterocycles. The van der Waals surface area contributed by atoms with Gasteiger partial charge in [0.05, 0.1) is 12.4 Å². The molecule has 2 aromatic rings. The summed E-state index contributed by atoms with van der Waals surface area (Å²) in [6.45, 7) is 1.16. The van der Waals surface area contributed by atoms with E-state index in [0.717, 1.165) is 43.6 Å². The number of unbranched alkanes of at least 4 members (excludes halogenated alkanes) is 1. The van der Waals surface area contributed by atoms with E-state index in [0.29, 0.717) is 0 Å². The summed E-state index contributed by atoms with van der Waals surface area (Å²) in [5, 5.41) is 18.4. The van der Waals surface area contributed by atoms with E-state index >= 15 is 0 Å². The van der Waals surface area contributed by atoms with Gasteiger partial charge in [-0.1, -0.05) is 12.1 Å². The number of benzene rings is 1. The molecule has 0 aliphatic carbocycles. The van der Waals surface area contributed by atoms with Gasteiger partial charge >= 0.3 is 0 Å². The number of nitrogens with one attached hydrogen (secondary N) is 2. The van der Waals surface area contributed by atoms with Gasteiger partial charge in [-0.2, -0.15) is 5.10 Å². The standard InChI is InChI=1S/C20H27N5O/c1-24-16-20(15-22-24)25-13-4-5-19(23-25)11-8-17-6-9-18(10-7-17)21-12-2-3-14-26/h4-7,9-10,13,15-16,21,23,26H,2-3,8,11-12,14H2,1H3. The third-order valence-corrected chi connectivity index (χ3v) is 4.32. The van der Waals surface area contributed by atoms with Crippen molar-refractivity contribution in [3.05, 3.63) is 66.3 Å². The number of hydrazine groups is 1. The van der Waals surface area contributed by atoms with E-state index in [1.165, 1.54) is 11.3 Å². The molecule has 0 bridgehead atoms. The second-order valence-electron chi connectivity index (χ2n) is 6.44. The zero-order chi connectivity index (χ0) is 18.2. The minimum Gasteiger partial charge on any atom is -0.396 e. The Hall–Kier alpha value is -2.73. The smallest absolute Gasteiger partial charge is 0.100 e. The molecule has 1 aliphatic heterocycles. The van der Waals surface area contributed by atoms with E-state index < -0.39 is 0 Å². The maximum Gasteiger partial charge on any atom is 0.100 e. The molecule has 0 saturated carbocycles. The second kappa shape index (κ2) is 9.10. The molecule has 2 heterocycles. The lowest BCUT2D eigenvalue weighted by Crippen LogP contribution is -2.34. The molecule has 3 N–H and O–H groups in total. The summed E-state index contributed by atoms with van der Waals surface area (Å²) >= 11 is 0. The Morgan fingerprint density at radius 3 is 2.73 bits per heavy atom. The van der Waals surface area contributed by atoms with Crippen molar-refractivity contribution in [1.29, 1.82) is 0 Å². The van der Waals surface area contributed by atoms with Crippen molar-refractivity contribution in [2.45, 2.75) is 25.7 Å². The molecule has 1 aromatic carbocycles. The Bertz CT molecular complexity index is 748. The molecule has 0 saturated heterocycles. The third kappa shape index (κ3) is 5.13.